The Balaban J connectivity index is 1.45. The van der Waals surface area contributed by atoms with Gasteiger partial charge in [-0.05, 0) is 31.5 Å². The summed E-state index contributed by atoms with van der Waals surface area (Å²) in [4.78, 5) is 29.0. The van der Waals surface area contributed by atoms with Crippen LogP contribution in [0.1, 0.15) is 22.3 Å². The zero-order valence-electron chi connectivity index (χ0n) is 17.2. The Kier molecular flexibility index (Phi) is 7.18. The van der Waals surface area contributed by atoms with Gasteiger partial charge in [0.1, 0.15) is 5.82 Å². The van der Waals surface area contributed by atoms with Crippen molar-refractivity contribution in [3.8, 4) is 0 Å². The van der Waals surface area contributed by atoms with Gasteiger partial charge in [-0.3, -0.25) is 14.9 Å². The Bertz CT molecular complexity index is 1040. The SMILES string of the molecule is Cc1ccc(C(=O)NCCCS(=O)(=O)N2CCN(c3ccccn3)CC2)cc1[N+](=O)[O-]. The fourth-order valence-corrected chi connectivity index (χ4v) is 4.86. The molecule has 1 aromatic carbocycles. The van der Waals surface area contributed by atoms with E-state index in [4.69, 9.17) is 0 Å². The van der Waals surface area contributed by atoms with Gasteiger partial charge in [-0.15, -0.1) is 0 Å². The van der Waals surface area contributed by atoms with Crippen molar-refractivity contribution >= 4 is 27.4 Å². The van der Waals surface area contributed by atoms with Gasteiger partial charge in [0.15, 0.2) is 0 Å². The molecule has 0 bridgehead atoms. The average molecular weight is 448 g/mol. The molecule has 10 nitrogen and oxygen atoms in total. The van der Waals surface area contributed by atoms with Gasteiger partial charge >= 0.3 is 0 Å². The second-order valence-corrected chi connectivity index (χ2v) is 9.35. The number of rotatable bonds is 8. The predicted molar refractivity (Wildman–Crippen MR) is 117 cm³/mol. The van der Waals surface area contributed by atoms with Crippen LogP contribution in [0.25, 0.3) is 0 Å². The number of aryl methyl sites for hydroxylation is 1. The molecular formula is C20H25N5O5S. The van der Waals surface area contributed by atoms with Crippen LogP contribution in [0, 0.1) is 17.0 Å². The van der Waals surface area contributed by atoms with Crippen LogP contribution in [0.2, 0.25) is 0 Å². The molecule has 11 heteroatoms. The van der Waals surface area contributed by atoms with Crippen LogP contribution in [-0.4, -0.2) is 67.0 Å². The Labute approximate surface area is 181 Å². The van der Waals surface area contributed by atoms with E-state index in [1.54, 1.807) is 13.1 Å². The minimum absolute atomic E-state index is 0.0785. The van der Waals surface area contributed by atoms with Crippen LogP contribution in [0.3, 0.4) is 0 Å². The molecule has 0 radical (unpaired) electrons. The van der Waals surface area contributed by atoms with Crippen LogP contribution in [0.15, 0.2) is 42.6 Å². The number of anilines is 1. The van der Waals surface area contributed by atoms with Gasteiger partial charge in [-0.25, -0.2) is 13.4 Å². The molecule has 0 saturated carbocycles. The topological polar surface area (TPSA) is 126 Å². The highest BCUT2D eigenvalue weighted by atomic mass is 32.2. The van der Waals surface area contributed by atoms with E-state index in [2.05, 4.69) is 10.3 Å². The van der Waals surface area contributed by atoms with E-state index in [-0.39, 0.29) is 30.0 Å². The third-order valence-corrected chi connectivity index (χ3v) is 7.09. The minimum Gasteiger partial charge on any atom is -0.354 e. The standard InChI is InChI=1S/C20H25N5O5S/c1-16-6-7-17(15-18(16)25(27)28)20(26)22-9-4-14-31(29,30)24-12-10-23(11-13-24)19-5-2-3-8-21-19/h2-3,5-8,15H,4,9-14H2,1H3,(H,22,26). The number of sulfonamides is 1. The van der Waals surface area contributed by atoms with Crippen LogP contribution in [-0.2, 0) is 10.0 Å². The summed E-state index contributed by atoms with van der Waals surface area (Å²) in [5, 5.41) is 13.6. The van der Waals surface area contributed by atoms with E-state index in [9.17, 15) is 23.3 Å². The molecule has 0 spiro atoms. The molecule has 31 heavy (non-hydrogen) atoms. The fourth-order valence-electron chi connectivity index (χ4n) is 3.37. The van der Waals surface area contributed by atoms with Gasteiger partial charge in [-0.2, -0.15) is 4.31 Å². The second kappa shape index (κ2) is 9.84. The first kappa shape index (κ1) is 22.6. The van der Waals surface area contributed by atoms with Gasteiger partial charge in [0.2, 0.25) is 10.0 Å². The number of carbonyl (C=O) groups excluding carboxylic acids is 1. The molecular weight excluding hydrogens is 422 g/mol. The molecule has 0 aliphatic carbocycles. The molecule has 1 saturated heterocycles. The predicted octanol–water partition coefficient (Wildman–Crippen LogP) is 1.57. The number of nitrogens with one attached hydrogen (secondary N) is 1. The lowest BCUT2D eigenvalue weighted by Crippen LogP contribution is -2.49. The number of amides is 1. The average Bonchev–Trinajstić information content (AvgIpc) is 2.77. The van der Waals surface area contributed by atoms with Gasteiger partial charge in [0.25, 0.3) is 11.6 Å². The molecule has 1 fully saturated rings. The van der Waals surface area contributed by atoms with Crippen molar-refractivity contribution < 1.29 is 18.1 Å². The smallest absolute Gasteiger partial charge is 0.273 e. The van der Waals surface area contributed by atoms with E-state index >= 15 is 0 Å². The summed E-state index contributed by atoms with van der Waals surface area (Å²) in [6.45, 7) is 3.67. The number of benzene rings is 1. The Morgan fingerprint density at radius 1 is 1.19 bits per heavy atom. The Hall–Kier alpha value is -3.05. The van der Waals surface area contributed by atoms with Crippen molar-refractivity contribution in [2.24, 2.45) is 0 Å². The normalized spacial score (nSPS) is 14.9. The largest absolute Gasteiger partial charge is 0.354 e. The van der Waals surface area contributed by atoms with E-state index in [1.807, 2.05) is 23.1 Å². The minimum atomic E-state index is -3.43. The number of hydrogen-bond acceptors (Lipinski definition) is 7. The fraction of sp³-hybridized carbons (Fsp3) is 0.400. The van der Waals surface area contributed by atoms with Crippen molar-refractivity contribution in [3.63, 3.8) is 0 Å². The summed E-state index contributed by atoms with van der Waals surface area (Å²) in [6, 6.07) is 9.88. The lowest BCUT2D eigenvalue weighted by molar-refractivity contribution is -0.385. The van der Waals surface area contributed by atoms with Gasteiger partial charge in [0, 0.05) is 56.1 Å². The molecule has 1 amide bonds. The lowest BCUT2D eigenvalue weighted by Gasteiger charge is -2.34. The Morgan fingerprint density at radius 3 is 2.58 bits per heavy atom. The number of pyridine rings is 1. The molecule has 3 rings (SSSR count). The van der Waals surface area contributed by atoms with Crippen LogP contribution in [0.4, 0.5) is 11.5 Å². The highest BCUT2D eigenvalue weighted by molar-refractivity contribution is 7.89. The molecule has 2 aromatic rings. The third-order valence-electron chi connectivity index (χ3n) is 5.14. The number of aromatic nitrogens is 1. The number of hydrogen-bond donors (Lipinski definition) is 1. The monoisotopic (exact) mass is 447 g/mol. The van der Waals surface area contributed by atoms with Crippen LogP contribution >= 0.6 is 0 Å². The first-order valence-corrected chi connectivity index (χ1v) is 11.6. The van der Waals surface area contributed by atoms with E-state index in [0.29, 0.717) is 31.7 Å². The summed E-state index contributed by atoms with van der Waals surface area (Å²) in [5.74, 6) is 0.285. The molecule has 2 heterocycles. The first-order chi connectivity index (χ1) is 14.8. The highest BCUT2D eigenvalue weighted by Gasteiger charge is 2.27. The number of nitro groups is 1. The summed E-state index contributed by atoms with van der Waals surface area (Å²) >= 11 is 0. The van der Waals surface area contributed by atoms with Crippen molar-refractivity contribution in [3.05, 3.63) is 63.8 Å². The van der Waals surface area contributed by atoms with E-state index in [1.165, 1.54) is 22.5 Å². The number of nitrogens with zero attached hydrogens (tertiary/aromatic N) is 4. The molecule has 1 aromatic heterocycles. The van der Waals surface area contributed by atoms with Crippen LogP contribution in [0.5, 0.6) is 0 Å². The summed E-state index contributed by atoms with van der Waals surface area (Å²) in [5.41, 5.74) is 0.515. The van der Waals surface area contributed by atoms with Gasteiger partial charge in [-0.1, -0.05) is 12.1 Å². The second-order valence-electron chi connectivity index (χ2n) is 7.26. The molecule has 166 valence electrons. The Morgan fingerprint density at radius 2 is 1.94 bits per heavy atom. The number of piperazine rings is 1. The van der Waals surface area contributed by atoms with Crippen molar-refractivity contribution in [1.29, 1.82) is 0 Å². The maximum absolute atomic E-state index is 12.6. The lowest BCUT2D eigenvalue weighted by atomic mass is 10.1. The van der Waals surface area contributed by atoms with Crippen LogP contribution < -0.4 is 10.2 Å². The first-order valence-electron chi connectivity index (χ1n) is 9.95. The van der Waals surface area contributed by atoms with Crippen molar-refractivity contribution in [2.75, 3.05) is 43.4 Å². The quantitative estimate of drug-likeness (QED) is 0.370. The van der Waals surface area contributed by atoms with Crippen molar-refractivity contribution in [2.45, 2.75) is 13.3 Å². The van der Waals surface area contributed by atoms with E-state index in [0.717, 1.165) is 5.82 Å². The summed E-state index contributed by atoms with van der Waals surface area (Å²) in [7, 11) is -3.43. The number of carbonyl (C=O) groups is 1. The summed E-state index contributed by atoms with van der Waals surface area (Å²) in [6.07, 6.45) is 1.96. The third kappa shape index (κ3) is 5.76. The van der Waals surface area contributed by atoms with Gasteiger partial charge < -0.3 is 10.2 Å². The van der Waals surface area contributed by atoms with Crippen molar-refractivity contribution in [1.82, 2.24) is 14.6 Å². The molecule has 1 aliphatic rings. The number of nitro benzene ring substituents is 1. The maximum atomic E-state index is 12.6. The molecule has 0 atom stereocenters. The zero-order valence-corrected chi connectivity index (χ0v) is 18.0. The van der Waals surface area contributed by atoms with Gasteiger partial charge in [0.05, 0.1) is 10.7 Å². The van der Waals surface area contributed by atoms with E-state index < -0.39 is 20.9 Å². The molecule has 0 unspecified atom stereocenters. The summed E-state index contributed by atoms with van der Waals surface area (Å²) < 4.78 is 26.7. The molecule has 1 aliphatic heterocycles. The molecule has 1 N–H and O–H groups in total. The maximum Gasteiger partial charge on any atom is 0.273 e. The zero-order chi connectivity index (χ0) is 22.4. The highest BCUT2D eigenvalue weighted by Crippen LogP contribution is 2.19.